The highest BCUT2D eigenvalue weighted by atomic mass is 32.2. The minimum absolute atomic E-state index is 0.0137. The van der Waals surface area contributed by atoms with Gasteiger partial charge in [-0.3, -0.25) is 0 Å². The molecule has 0 fully saturated rings. The Bertz CT molecular complexity index is 527. The van der Waals surface area contributed by atoms with E-state index >= 15 is 0 Å². The van der Waals surface area contributed by atoms with Gasteiger partial charge in [-0.25, -0.2) is 21.9 Å². The van der Waals surface area contributed by atoms with Crippen LogP contribution in [0.1, 0.15) is 32.5 Å². The number of hydrogen-bond acceptors (Lipinski definition) is 3. The Morgan fingerprint density at radius 1 is 1.35 bits per heavy atom. The minimum Gasteiger partial charge on any atom is -0.346 e. The van der Waals surface area contributed by atoms with E-state index in [1.54, 1.807) is 0 Å². The molecule has 20 heavy (non-hydrogen) atoms. The third-order valence-corrected chi connectivity index (χ3v) is 4.15. The van der Waals surface area contributed by atoms with Crippen LogP contribution in [0.15, 0.2) is 17.2 Å². The molecule has 5 nitrogen and oxygen atoms in total. The molecule has 0 atom stereocenters. The maximum atomic E-state index is 12.1. The number of nitrogens with one attached hydrogen (secondary N) is 2. The first kappa shape index (κ1) is 17.1. The first-order valence-corrected chi connectivity index (χ1v) is 7.95. The summed E-state index contributed by atoms with van der Waals surface area (Å²) in [7, 11) is -3.89. The minimum atomic E-state index is -3.89. The molecule has 0 saturated carbocycles. The molecule has 8 heteroatoms. The van der Waals surface area contributed by atoms with Gasteiger partial charge in [0.1, 0.15) is 0 Å². The van der Waals surface area contributed by atoms with Gasteiger partial charge in [0.15, 0.2) is 0 Å². The molecule has 0 aliphatic carbocycles. The number of hydrogen-bond donors (Lipinski definition) is 2. The van der Waals surface area contributed by atoms with Gasteiger partial charge in [0.2, 0.25) is 10.0 Å². The summed E-state index contributed by atoms with van der Waals surface area (Å²) in [5, 5.41) is 3.12. The first-order valence-electron chi connectivity index (χ1n) is 6.47. The van der Waals surface area contributed by atoms with Crippen molar-refractivity contribution in [2.75, 3.05) is 13.1 Å². The predicted molar refractivity (Wildman–Crippen MR) is 73.4 cm³/mol. The second kappa shape index (κ2) is 7.14. The molecule has 0 unspecified atom stereocenters. The van der Waals surface area contributed by atoms with E-state index in [1.165, 1.54) is 12.3 Å². The molecule has 1 rings (SSSR count). The fourth-order valence-electron chi connectivity index (χ4n) is 1.78. The van der Waals surface area contributed by atoms with Crippen molar-refractivity contribution >= 4 is 10.0 Å². The molecule has 116 valence electrons. The highest BCUT2D eigenvalue weighted by Crippen LogP contribution is 2.19. The number of sulfonamides is 1. The molecule has 1 aromatic rings. The maximum Gasteiger partial charge on any atom is 0.251 e. The lowest BCUT2D eigenvalue weighted by Crippen LogP contribution is -2.28. The van der Waals surface area contributed by atoms with Crippen LogP contribution in [0, 0.1) is 0 Å². The van der Waals surface area contributed by atoms with Crippen molar-refractivity contribution in [3.8, 4) is 0 Å². The van der Waals surface area contributed by atoms with E-state index in [2.05, 4.69) is 5.32 Å². The Hall–Kier alpha value is -0.990. The van der Waals surface area contributed by atoms with Crippen molar-refractivity contribution in [3.05, 3.63) is 18.0 Å². The van der Waals surface area contributed by atoms with Gasteiger partial charge in [-0.1, -0.05) is 6.92 Å². The summed E-state index contributed by atoms with van der Waals surface area (Å²) in [5.41, 5.74) is 0.805. The Morgan fingerprint density at radius 2 is 2.00 bits per heavy atom. The fourth-order valence-corrected chi connectivity index (χ4v) is 2.83. The summed E-state index contributed by atoms with van der Waals surface area (Å²) in [6.07, 6.45) is -1.23. The van der Waals surface area contributed by atoms with Crippen LogP contribution >= 0.6 is 0 Å². The second-order valence-electron chi connectivity index (χ2n) is 4.69. The molecule has 0 amide bonds. The molecule has 0 radical (unpaired) electrons. The van der Waals surface area contributed by atoms with E-state index in [0.717, 1.165) is 12.2 Å². The van der Waals surface area contributed by atoms with Crippen LogP contribution < -0.4 is 10.0 Å². The van der Waals surface area contributed by atoms with E-state index < -0.39 is 23.0 Å². The molecular weight excluding hydrogens is 288 g/mol. The zero-order chi connectivity index (χ0) is 15.3. The third-order valence-electron chi connectivity index (χ3n) is 2.76. The Morgan fingerprint density at radius 3 is 2.50 bits per heavy atom. The van der Waals surface area contributed by atoms with Crippen molar-refractivity contribution in [2.45, 2.75) is 44.7 Å². The SMILES string of the molecule is CCNCc1cc(S(=O)(=O)NCC(F)F)cn1C(C)C. The lowest BCUT2D eigenvalue weighted by atomic mass is 10.3. The van der Waals surface area contributed by atoms with Crippen LogP contribution in [0.2, 0.25) is 0 Å². The second-order valence-corrected chi connectivity index (χ2v) is 6.46. The third kappa shape index (κ3) is 4.53. The quantitative estimate of drug-likeness (QED) is 0.768. The zero-order valence-corrected chi connectivity index (χ0v) is 12.7. The van der Waals surface area contributed by atoms with Crippen molar-refractivity contribution in [1.29, 1.82) is 0 Å². The van der Waals surface area contributed by atoms with Crippen molar-refractivity contribution in [3.63, 3.8) is 0 Å². The smallest absolute Gasteiger partial charge is 0.251 e. The normalized spacial score (nSPS) is 12.6. The van der Waals surface area contributed by atoms with Gasteiger partial charge in [0.25, 0.3) is 6.43 Å². The van der Waals surface area contributed by atoms with Gasteiger partial charge in [-0.05, 0) is 26.5 Å². The molecule has 0 aliphatic rings. The van der Waals surface area contributed by atoms with Crippen LogP contribution in [0.4, 0.5) is 8.78 Å². The first-order chi connectivity index (χ1) is 9.27. The van der Waals surface area contributed by atoms with Crippen LogP contribution in [-0.4, -0.2) is 32.5 Å². The summed E-state index contributed by atoms with van der Waals surface area (Å²) < 4.78 is 51.8. The largest absolute Gasteiger partial charge is 0.346 e. The van der Waals surface area contributed by atoms with Gasteiger partial charge in [-0.2, -0.15) is 0 Å². The standard InChI is InChI=1S/C12H21F2N3O2S/c1-4-15-6-10-5-11(8-17(10)9(2)3)20(18,19)16-7-12(13)14/h5,8-9,12,15-16H,4,6-7H2,1-3H3. The number of rotatable bonds is 8. The van der Waals surface area contributed by atoms with E-state index in [1.807, 2.05) is 30.1 Å². The topological polar surface area (TPSA) is 63.1 Å². The van der Waals surface area contributed by atoms with Crippen LogP contribution in [-0.2, 0) is 16.6 Å². The Balaban J connectivity index is 3.00. The summed E-state index contributed by atoms with van der Waals surface area (Å²) in [4.78, 5) is 0.0137. The number of aromatic nitrogens is 1. The predicted octanol–water partition coefficient (Wildman–Crippen LogP) is 1.72. The molecule has 1 aromatic heterocycles. The van der Waals surface area contributed by atoms with Crippen molar-refractivity contribution in [1.82, 2.24) is 14.6 Å². The summed E-state index contributed by atoms with van der Waals surface area (Å²) in [6.45, 7) is 6.22. The maximum absolute atomic E-state index is 12.1. The molecule has 2 N–H and O–H groups in total. The number of alkyl halides is 2. The van der Waals surface area contributed by atoms with Crippen LogP contribution in [0.3, 0.4) is 0 Å². The fraction of sp³-hybridized carbons (Fsp3) is 0.667. The summed E-state index contributed by atoms with van der Waals surface area (Å²) in [5.74, 6) is 0. The van der Waals surface area contributed by atoms with E-state index in [-0.39, 0.29) is 10.9 Å². The van der Waals surface area contributed by atoms with Gasteiger partial charge in [0.05, 0.1) is 11.4 Å². The highest BCUT2D eigenvalue weighted by Gasteiger charge is 2.20. The lowest BCUT2D eigenvalue weighted by Gasteiger charge is -2.12. The molecule has 0 aliphatic heterocycles. The summed E-state index contributed by atoms with van der Waals surface area (Å²) >= 11 is 0. The number of halogens is 2. The molecule has 0 aromatic carbocycles. The Kier molecular flexibility index (Phi) is 6.09. The van der Waals surface area contributed by atoms with Crippen LogP contribution in [0.25, 0.3) is 0 Å². The zero-order valence-electron chi connectivity index (χ0n) is 11.9. The molecule has 0 bridgehead atoms. The molecular formula is C12H21F2N3O2S. The highest BCUT2D eigenvalue weighted by molar-refractivity contribution is 7.89. The van der Waals surface area contributed by atoms with Gasteiger partial charge in [0, 0.05) is 24.5 Å². The molecule has 0 saturated heterocycles. The summed E-state index contributed by atoms with van der Waals surface area (Å²) in [6, 6.07) is 1.60. The average Bonchev–Trinajstić information content (AvgIpc) is 2.79. The molecule has 1 heterocycles. The van der Waals surface area contributed by atoms with Gasteiger partial charge in [-0.15, -0.1) is 0 Å². The molecule has 0 spiro atoms. The monoisotopic (exact) mass is 309 g/mol. The van der Waals surface area contributed by atoms with Crippen LogP contribution in [0.5, 0.6) is 0 Å². The van der Waals surface area contributed by atoms with Crippen molar-refractivity contribution < 1.29 is 17.2 Å². The van der Waals surface area contributed by atoms with E-state index in [9.17, 15) is 17.2 Å². The number of nitrogens with zero attached hydrogens (tertiary/aromatic N) is 1. The van der Waals surface area contributed by atoms with Crippen molar-refractivity contribution in [2.24, 2.45) is 0 Å². The van der Waals surface area contributed by atoms with E-state index in [0.29, 0.717) is 6.54 Å². The Labute approximate surface area is 118 Å². The van der Waals surface area contributed by atoms with Gasteiger partial charge >= 0.3 is 0 Å². The van der Waals surface area contributed by atoms with E-state index in [4.69, 9.17) is 0 Å². The lowest BCUT2D eigenvalue weighted by molar-refractivity contribution is 0.153. The van der Waals surface area contributed by atoms with Gasteiger partial charge < -0.3 is 9.88 Å². The average molecular weight is 309 g/mol.